The van der Waals surface area contributed by atoms with Crippen molar-refractivity contribution >= 4 is 27.5 Å². The molecule has 0 fully saturated rings. The molecule has 0 bridgehead atoms. The van der Waals surface area contributed by atoms with Crippen LogP contribution in [0.1, 0.15) is 45.2 Å². The maximum Gasteiger partial charge on any atom is 0.244 e. The van der Waals surface area contributed by atoms with Crippen molar-refractivity contribution < 1.29 is 27.5 Å². The minimum atomic E-state index is -3.90. The van der Waals surface area contributed by atoms with E-state index >= 15 is 0 Å². The number of carbonyl (C=O) groups is 2. The highest BCUT2D eigenvalue weighted by Crippen LogP contribution is 2.33. The van der Waals surface area contributed by atoms with Crippen molar-refractivity contribution in [3.63, 3.8) is 0 Å². The molecule has 1 unspecified atom stereocenters. The molecule has 1 atom stereocenters. The highest BCUT2D eigenvalue weighted by molar-refractivity contribution is 7.92. The van der Waals surface area contributed by atoms with Gasteiger partial charge in [-0.15, -0.1) is 0 Å². The van der Waals surface area contributed by atoms with Crippen LogP contribution in [0.5, 0.6) is 11.5 Å². The molecule has 2 amide bonds. The molecule has 0 aliphatic carbocycles. The third kappa shape index (κ3) is 8.38. The first kappa shape index (κ1) is 30.0. The number of nitrogens with zero attached hydrogens (tertiary/aromatic N) is 2. The quantitative estimate of drug-likeness (QED) is 0.474. The van der Waals surface area contributed by atoms with E-state index in [-0.39, 0.29) is 23.9 Å². The second kappa shape index (κ2) is 12.3. The molecule has 0 heterocycles. The molecule has 204 valence electrons. The van der Waals surface area contributed by atoms with Gasteiger partial charge < -0.3 is 19.7 Å². The SMILES string of the molecule is CCC(C(=O)NC(C)(C)C)N(Cc1cccc(C)c1)C(=O)CN(c1ccc(OC)cc1OC)S(C)(=O)=O. The Balaban J connectivity index is 2.53. The molecule has 0 spiro atoms. The molecule has 2 aromatic rings. The zero-order valence-corrected chi connectivity index (χ0v) is 23.8. The number of methoxy groups -OCH3 is 2. The number of nitrogens with one attached hydrogen (secondary N) is 1. The van der Waals surface area contributed by atoms with Crippen LogP contribution in [0, 0.1) is 6.92 Å². The fourth-order valence-electron chi connectivity index (χ4n) is 3.97. The molecule has 0 saturated heterocycles. The van der Waals surface area contributed by atoms with Crippen LogP contribution >= 0.6 is 0 Å². The standard InChI is InChI=1S/C27H39N3O6S/c1-9-22(26(32)28-27(3,4)5)29(17-20-12-10-11-19(2)15-20)25(31)18-30(37(8,33)34)23-14-13-21(35-6)16-24(23)36-7/h10-16,22H,9,17-18H2,1-8H3,(H,28,32). The number of hydrogen-bond donors (Lipinski definition) is 1. The van der Waals surface area contributed by atoms with Crippen LogP contribution in [-0.4, -0.2) is 63.7 Å². The fraction of sp³-hybridized carbons (Fsp3) is 0.481. The zero-order valence-electron chi connectivity index (χ0n) is 23.0. The fourth-order valence-corrected chi connectivity index (χ4v) is 4.82. The molecule has 1 N–H and O–H groups in total. The second-order valence-corrected chi connectivity index (χ2v) is 11.9. The Hall–Kier alpha value is -3.27. The van der Waals surface area contributed by atoms with Crippen LogP contribution < -0.4 is 19.1 Å². The molecule has 9 nitrogen and oxygen atoms in total. The van der Waals surface area contributed by atoms with Crippen LogP contribution in [0.2, 0.25) is 0 Å². The molecule has 10 heteroatoms. The summed E-state index contributed by atoms with van der Waals surface area (Å²) in [4.78, 5) is 28.5. The van der Waals surface area contributed by atoms with Crippen molar-refractivity contribution in [1.82, 2.24) is 10.2 Å². The van der Waals surface area contributed by atoms with Gasteiger partial charge >= 0.3 is 0 Å². The van der Waals surface area contributed by atoms with E-state index in [1.165, 1.54) is 25.2 Å². The summed E-state index contributed by atoms with van der Waals surface area (Å²) in [5.74, 6) is -0.101. The van der Waals surface area contributed by atoms with E-state index in [2.05, 4.69) is 5.32 Å². The van der Waals surface area contributed by atoms with Crippen LogP contribution in [0.15, 0.2) is 42.5 Å². The van der Waals surface area contributed by atoms with Crippen LogP contribution in [0.4, 0.5) is 5.69 Å². The van der Waals surface area contributed by atoms with Crippen molar-refractivity contribution in [1.29, 1.82) is 0 Å². The molecule has 0 aromatic heterocycles. The first-order valence-electron chi connectivity index (χ1n) is 12.1. The topological polar surface area (TPSA) is 105 Å². The van der Waals surface area contributed by atoms with Gasteiger partial charge in [0.1, 0.15) is 24.1 Å². The summed E-state index contributed by atoms with van der Waals surface area (Å²) in [6.45, 7) is 9.01. The lowest BCUT2D eigenvalue weighted by molar-refractivity contribution is -0.141. The van der Waals surface area contributed by atoms with E-state index in [0.29, 0.717) is 12.2 Å². The number of ether oxygens (including phenoxy) is 2. The number of hydrogen-bond acceptors (Lipinski definition) is 6. The Bertz CT molecular complexity index is 1210. The molecule has 0 radical (unpaired) electrons. The average molecular weight is 534 g/mol. The van der Waals surface area contributed by atoms with E-state index < -0.39 is 34.1 Å². The molecule has 2 rings (SSSR count). The van der Waals surface area contributed by atoms with E-state index in [9.17, 15) is 18.0 Å². The smallest absolute Gasteiger partial charge is 0.244 e. The summed E-state index contributed by atoms with van der Waals surface area (Å²) < 4.78 is 37.3. The summed E-state index contributed by atoms with van der Waals surface area (Å²) in [5.41, 5.74) is 1.54. The lowest BCUT2D eigenvalue weighted by Gasteiger charge is -2.34. The number of amides is 2. The lowest BCUT2D eigenvalue weighted by Crippen LogP contribution is -2.55. The molecule has 0 aliphatic heterocycles. The van der Waals surface area contributed by atoms with Crippen molar-refractivity contribution in [3.05, 3.63) is 53.6 Å². The lowest BCUT2D eigenvalue weighted by atomic mass is 10.0. The Kier molecular flexibility index (Phi) is 9.97. The Labute approximate surface area is 220 Å². The van der Waals surface area contributed by atoms with Crippen LogP contribution in [-0.2, 0) is 26.2 Å². The average Bonchev–Trinajstić information content (AvgIpc) is 2.80. The predicted octanol–water partition coefficient (Wildman–Crippen LogP) is 3.50. The van der Waals surface area contributed by atoms with E-state index in [0.717, 1.165) is 21.7 Å². The minimum absolute atomic E-state index is 0.147. The molecule has 0 aliphatic rings. The number of aryl methyl sites for hydroxylation is 1. The molecule has 2 aromatic carbocycles. The summed E-state index contributed by atoms with van der Waals surface area (Å²) in [6.07, 6.45) is 1.38. The molecular weight excluding hydrogens is 494 g/mol. The monoisotopic (exact) mass is 533 g/mol. The van der Waals surface area contributed by atoms with E-state index in [1.54, 1.807) is 12.1 Å². The van der Waals surface area contributed by atoms with Gasteiger partial charge in [0.25, 0.3) is 0 Å². The van der Waals surface area contributed by atoms with Gasteiger partial charge in [0.05, 0.1) is 26.2 Å². The van der Waals surface area contributed by atoms with Crippen LogP contribution in [0.25, 0.3) is 0 Å². The third-order valence-electron chi connectivity index (χ3n) is 5.65. The minimum Gasteiger partial charge on any atom is -0.497 e. The van der Waals surface area contributed by atoms with Gasteiger partial charge in [-0.2, -0.15) is 0 Å². The number of sulfonamides is 1. The Morgan fingerprint density at radius 1 is 1.05 bits per heavy atom. The Morgan fingerprint density at radius 3 is 2.24 bits per heavy atom. The van der Waals surface area contributed by atoms with Gasteiger partial charge in [-0.25, -0.2) is 8.42 Å². The Morgan fingerprint density at radius 2 is 1.73 bits per heavy atom. The normalized spacial score (nSPS) is 12.4. The highest BCUT2D eigenvalue weighted by atomic mass is 32.2. The van der Waals surface area contributed by atoms with Crippen molar-refractivity contribution in [3.8, 4) is 11.5 Å². The third-order valence-corrected chi connectivity index (χ3v) is 6.78. The molecule has 37 heavy (non-hydrogen) atoms. The van der Waals surface area contributed by atoms with Gasteiger partial charge in [0, 0.05) is 18.2 Å². The van der Waals surface area contributed by atoms with Crippen molar-refractivity contribution in [2.24, 2.45) is 0 Å². The van der Waals surface area contributed by atoms with Gasteiger partial charge in [0.15, 0.2) is 0 Å². The van der Waals surface area contributed by atoms with E-state index in [1.807, 2.05) is 58.9 Å². The summed E-state index contributed by atoms with van der Waals surface area (Å²) in [7, 11) is -0.995. The van der Waals surface area contributed by atoms with Crippen molar-refractivity contribution in [2.75, 3.05) is 31.3 Å². The van der Waals surface area contributed by atoms with Crippen LogP contribution in [0.3, 0.4) is 0 Å². The number of anilines is 1. The van der Waals surface area contributed by atoms with Gasteiger partial charge in [-0.05, 0) is 51.8 Å². The summed E-state index contributed by atoms with van der Waals surface area (Å²) >= 11 is 0. The maximum atomic E-state index is 13.8. The first-order chi connectivity index (χ1) is 17.2. The molecule has 0 saturated carbocycles. The zero-order chi connectivity index (χ0) is 28.0. The number of carbonyl (C=O) groups excluding carboxylic acids is 2. The number of rotatable bonds is 11. The largest absolute Gasteiger partial charge is 0.497 e. The van der Waals surface area contributed by atoms with Gasteiger partial charge in [0.2, 0.25) is 21.8 Å². The highest BCUT2D eigenvalue weighted by Gasteiger charge is 2.33. The van der Waals surface area contributed by atoms with Gasteiger partial charge in [-0.1, -0.05) is 36.8 Å². The van der Waals surface area contributed by atoms with Gasteiger partial charge in [-0.3, -0.25) is 13.9 Å². The second-order valence-electron chi connectivity index (χ2n) is 9.98. The summed E-state index contributed by atoms with van der Waals surface area (Å²) in [5, 5.41) is 2.95. The summed E-state index contributed by atoms with van der Waals surface area (Å²) in [6, 6.07) is 11.5. The van der Waals surface area contributed by atoms with E-state index in [4.69, 9.17) is 9.47 Å². The molecular formula is C27H39N3O6S. The predicted molar refractivity (Wildman–Crippen MR) is 145 cm³/mol. The van der Waals surface area contributed by atoms with Crippen molar-refractivity contribution in [2.45, 2.75) is 59.2 Å². The first-order valence-corrected chi connectivity index (χ1v) is 13.9. The number of benzene rings is 2. The maximum absolute atomic E-state index is 13.8.